The van der Waals surface area contributed by atoms with Crippen LogP contribution in [0.4, 0.5) is 0 Å². The van der Waals surface area contributed by atoms with Gasteiger partial charge < -0.3 is 15.5 Å². The van der Waals surface area contributed by atoms with E-state index < -0.39 is 0 Å². The summed E-state index contributed by atoms with van der Waals surface area (Å²) in [5, 5.41) is 0. The van der Waals surface area contributed by atoms with Crippen LogP contribution in [-0.4, -0.2) is 54.5 Å². The van der Waals surface area contributed by atoms with E-state index in [-0.39, 0.29) is 18.5 Å². The van der Waals surface area contributed by atoms with Crippen LogP contribution in [0.1, 0.15) is 20.3 Å². The highest BCUT2D eigenvalue weighted by Crippen LogP contribution is 2.16. The highest BCUT2D eigenvalue weighted by molar-refractivity contribution is 5.78. The smallest absolute Gasteiger partial charge is 0.236 e. The lowest BCUT2D eigenvalue weighted by Crippen LogP contribution is -2.48. The first-order valence-electron chi connectivity index (χ1n) is 5.26. The molecule has 14 heavy (non-hydrogen) atoms. The fourth-order valence-electron chi connectivity index (χ4n) is 2.16. The van der Waals surface area contributed by atoms with Gasteiger partial charge in [-0.1, -0.05) is 0 Å². The summed E-state index contributed by atoms with van der Waals surface area (Å²) in [6.07, 6.45) is 1.07. The topological polar surface area (TPSA) is 49.6 Å². The Bertz CT molecular complexity index is 206. The lowest BCUT2D eigenvalue weighted by atomic mass is 10.1. The van der Waals surface area contributed by atoms with Crippen LogP contribution in [0.2, 0.25) is 0 Å². The van der Waals surface area contributed by atoms with Crippen molar-refractivity contribution in [3.05, 3.63) is 0 Å². The van der Waals surface area contributed by atoms with Crippen molar-refractivity contribution < 1.29 is 4.79 Å². The first kappa shape index (κ1) is 11.5. The van der Waals surface area contributed by atoms with Gasteiger partial charge in [0.15, 0.2) is 0 Å². The Labute approximate surface area is 86.0 Å². The van der Waals surface area contributed by atoms with Gasteiger partial charge in [0.25, 0.3) is 0 Å². The molecule has 1 atom stereocenters. The second-order valence-corrected chi connectivity index (χ2v) is 4.30. The lowest BCUT2D eigenvalue weighted by molar-refractivity contribution is -0.133. The molecular weight excluding hydrogens is 178 g/mol. The number of amides is 1. The predicted octanol–water partition coefficient (Wildman–Crippen LogP) is -0.114. The van der Waals surface area contributed by atoms with Crippen LogP contribution in [0, 0.1) is 0 Å². The molecule has 82 valence electrons. The van der Waals surface area contributed by atoms with E-state index in [9.17, 15) is 4.79 Å². The van der Waals surface area contributed by atoms with Gasteiger partial charge in [0, 0.05) is 18.6 Å². The summed E-state index contributed by atoms with van der Waals surface area (Å²) in [5.74, 6) is 0.0697. The van der Waals surface area contributed by atoms with Gasteiger partial charge in [-0.05, 0) is 33.9 Å². The standard InChI is InChI=1S/C10H21N3O/c1-8(2)13(10(14)6-11)9-4-5-12(3)7-9/h8-9H,4-7,11H2,1-3H3/t9-/m0/s1. The predicted molar refractivity (Wildman–Crippen MR) is 56.9 cm³/mol. The van der Waals surface area contributed by atoms with Crippen molar-refractivity contribution in [1.82, 2.24) is 9.80 Å². The fourth-order valence-corrected chi connectivity index (χ4v) is 2.16. The van der Waals surface area contributed by atoms with Gasteiger partial charge in [-0.2, -0.15) is 0 Å². The van der Waals surface area contributed by atoms with Crippen LogP contribution in [0.5, 0.6) is 0 Å². The fraction of sp³-hybridized carbons (Fsp3) is 0.900. The minimum atomic E-state index is 0.0697. The van der Waals surface area contributed by atoms with Gasteiger partial charge in [-0.25, -0.2) is 0 Å². The monoisotopic (exact) mass is 199 g/mol. The van der Waals surface area contributed by atoms with E-state index in [4.69, 9.17) is 5.73 Å². The summed E-state index contributed by atoms with van der Waals surface area (Å²) in [5.41, 5.74) is 5.41. The average Bonchev–Trinajstić information content (AvgIpc) is 2.51. The molecule has 0 spiro atoms. The maximum Gasteiger partial charge on any atom is 0.236 e. The molecular formula is C10H21N3O. The van der Waals surface area contributed by atoms with E-state index in [1.54, 1.807) is 0 Å². The van der Waals surface area contributed by atoms with E-state index in [1.807, 2.05) is 18.7 Å². The maximum absolute atomic E-state index is 11.6. The number of hydrogen-bond acceptors (Lipinski definition) is 3. The molecule has 0 aromatic heterocycles. The first-order chi connectivity index (χ1) is 6.56. The van der Waals surface area contributed by atoms with Crippen molar-refractivity contribution in [3.63, 3.8) is 0 Å². The average molecular weight is 199 g/mol. The Balaban J connectivity index is 2.63. The normalized spacial score (nSPS) is 23.1. The number of nitrogens with two attached hydrogens (primary N) is 1. The van der Waals surface area contributed by atoms with E-state index >= 15 is 0 Å². The van der Waals surface area contributed by atoms with Gasteiger partial charge in [0.1, 0.15) is 0 Å². The molecule has 1 saturated heterocycles. The summed E-state index contributed by atoms with van der Waals surface area (Å²) < 4.78 is 0. The van der Waals surface area contributed by atoms with Crippen molar-refractivity contribution in [2.24, 2.45) is 5.73 Å². The molecule has 0 radical (unpaired) electrons. The lowest BCUT2D eigenvalue weighted by Gasteiger charge is -2.32. The summed E-state index contributed by atoms with van der Waals surface area (Å²) in [4.78, 5) is 15.8. The third-order valence-electron chi connectivity index (χ3n) is 2.78. The molecule has 1 aliphatic rings. The van der Waals surface area contributed by atoms with Crippen molar-refractivity contribution in [1.29, 1.82) is 0 Å². The number of likely N-dealkylation sites (tertiary alicyclic amines) is 1. The summed E-state index contributed by atoms with van der Waals surface area (Å²) >= 11 is 0. The van der Waals surface area contributed by atoms with Crippen LogP contribution < -0.4 is 5.73 Å². The number of likely N-dealkylation sites (N-methyl/N-ethyl adjacent to an activating group) is 1. The molecule has 0 aliphatic carbocycles. The second-order valence-electron chi connectivity index (χ2n) is 4.30. The van der Waals surface area contributed by atoms with Crippen LogP contribution in [0.3, 0.4) is 0 Å². The Morgan fingerprint density at radius 2 is 2.29 bits per heavy atom. The van der Waals surface area contributed by atoms with E-state index in [2.05, 4.69) is 11.9 Å². The van der Waals surface area contributed by atoms with Crippen molar-refractivity contribution in [2.45, 2.75) is 32.4 Å². The Morgan fingerprint density at radius 1 is 1.64 bits per heavy atom. The molecule has 2 N–H and O–H groups in total. The zero-order valence-corrected chi connectivity index (χ0v) is 9.36. The summed E-state index contributed by atoms with van der Waals surface area (Å²) in [6, 6.07) is 0.610. The number of rotatable bonds is 3. The van der Waals surface area contributed by atoms with Crippen molar-refractivity contribution in [2.75, 3.05) is 26.7 Å². The SMILES string of the molecule is CC(C)N(C(=O)CN)[C@H]1CCN(C)C1. The molecule has 0 unspecified atom stereocenters. The largest absolute Gasteiger partial charge is 0.335 e. The number of carbonyl (C=O) groups excluding carboxylic acids is 1. The van der Waals surface area contributed by atoms with Gasteiger partial charge in [-0.15, -0.1) is 0 Å². The second kappa shape index (κ2) is 4.75. The molecule has 1 rings (SSSR count). The van der Waals surface area contributed by atoms with Crippen LogP contribution in [-0.2, 0) is 4.79 Å². The number of nitrogens with zero attached hydrogens (tertiary/aromatic N) is 2. The number of hydrogen-bond donors (Lipinski definition) is 1. The highest BCUT2D eigenvalue weighted by atomic mass is 16.2. The van der Waals surface area contributed by atoms with Crippen LogP contribution in [0.25, 0.3) is 0 Å². The minimum absolute atomic E-state index is 0.0697. The molecule has 4 nitrogen and oxygen atoms in total. The zero-order chi connectivity index (χ0) is 10.7. The molecule has 4 heteroatoms. The van der Waals surface area contributed by atoms with Gasteiger partial charge in [0.2, 0.25) is 5.91 Å². The van der Waals surface area contributed by atoms with Gasteiger partial charge in [-0.3, -0.25) is 4.79 Å². The Hall–Kier alpha value is -0.610. The minimum Gasteiger partial charge on any atom is -0.335 e. The van der Waals surface area contributed by atoms with Gasteiger partial charge in [0.05, 0.1) is 6.54 Å². The summed E-state index contributed by atoms with van der Waals surface area (Å²) in [7, 11) is 2.09. The molecule has 0 bridgehead atoms. The van der Waals surface area contributed by atoms with Crippen LogP contribution in [0.15, 0.2) is 0 Å². The molecule has 0 aromatic carbocycles. The van der Waals surface area contributed by atoms with E-state index in [1.165, 1.54) is 0 Å². The first-order valence-corrected chi connectivity index (χ1v) is 5.26. The molecule has 0 saturated carbocycles. The summed E-state index contributed by atoms with van der Waals surface area (Å²) in [6.45, 7) is 6.27. The molecule has 1 amide bonds. The Kier molecular flexibility index (Phi) is 3.89. The van der Waals surface area contributed by atoms with Crippen molar-refractivity contribution >= 4 is 5.91 Å². The molecule has 1 fully saturated rings. The zero-order valence-electron chi connectivity index (χ0n) is 9.36. The Morgan fingerprint density at radius 3 is 2.64 bits per heavy atom. The molecule has 0 aromatic rings. The quantitative estimate of drug-likeness (QED) is 0.690. The van der Waals surface area contributed by atoms with Gasteiger partial charge >= 0.3 is 0 Å². The third-order valence-corrected chi connectivity index (χ3v) is 2.78. The third kappa shape index (κ3) is 2.45. The maximum atomic E-state index is 11.6. The van der Waals surface area contributed by atoms with Crippen LogP contribution >= 0.6 is 0 Å². The van der Waals surface area contributed by atoms with E-state index in [0.717, 1.165) is 19.5 Å². The molecule has 1 heterocycles. The highest BCUT2D eigenvalue weighted by Gasteiger charge is 2.29. The molecule has 1 aliphatic heterocycles. The number of carbonyl (C=O) groups is 1. The van der Waals surface area contributed by atoms with E-state index in [0.29, 0.717) is 6.04 Å². The van der Waals surface area contributed by atoms with Crippen molar-refractivity contribution in [3.8, 4) is 0 Å².